The highest BCUT2D eigenvalue weighted by atomic mass is 32.2. The van der Waals surface area contributed by atoms with Crippen LogP contribution in [0, 0.1) is 13.8 Å². The summed E-state index contributed by atoms with van der Waals surface area (Å²) in [5.41, 5.74) is 1.44. The number of hydrogen-bond acceptors (Lipinski definition) is 5. The van der Waals surface area contributed by atoms with Gasteiger partial charge in [-0.3, -0.25) is 4.79 Å². The number of rotatable bonds is 4. The minimum Gasteiger partial charge on any atom is -0.486 e. The van der Waals surface area contributed by atoms with E-state index in [1.165, 1.54) is 6.07 Å². The number of hydrogen-bond donors (Lipinski definition) is 2. The monoisotopic (exact) mass is 376 g/mol. The number of benzene rings is 2. The Morgan fingerprint density at radius 2 is 1.92 bits per heavy atom. The molecule has 2 aromatic carbocycles. The van der Waals surface area contributed by atoms with Crippen molar-refractivity contribution in [1.82, 2.24) is 5.32 Å². The molecule has 1 heterocycles. The summed E-state index contributed by atoms with van der Waals surface area (Å²) in [4.78, 5) is 12.4. The van der Waals surface area contributed by atoms with E-state index in [1.54, 1.807) is 26.0 Å². The van der Waals surface area contributed by atoms with Gasteiger partial charge in [0, 0.05) is 5.56 Å². The number of para-hydroxylation sites is 2. The zero-order valence-electron chi connectivity index (χ0n) is 14.5. The van der Waals surface area contributed by atoms with Crippen LogP contribution in [0.1, 0.15) is 21.5 Å². The predicted molar refractivity (Wildman–Crippen MR) is 96.0 cm³/mol. The van der Waals surface area contributed by atoms with Gasteiger partial charge in [-0.2, -0.15) is 0 Å². The Hall–Kier alpha value is -2.58. The van der Waals surface area contributed by atoms with Gasteiger partial charge in [-0.1, -0.05) is 12.1 Å². The van der Waals surface area contributed by atoms with Crippen LogP contribution in [0.3, 0.4) is 0 Å². The lowest BCUT2D eigenvalue weighted by atomic mass is 10.1. The van der Waals surface area contributed by atoms with Crippen molar-refractivity contribution < 1.29 is 22.7 Å². The third-order valence-electron chi connectivity index (χ3n) is 4.25. The van der Waals surface area contributed by atoms with Crippen LogP contribution in [0.15, 0.2) is 41.3 Å². The van der Waals surface area contributed by atoms with Gasteiger partial charge >= 0.3 is 0 Å². The fraction of sp³-hybridized carbons (Fsp3) is 0.278. The highest BCUT2D eigenvalue weighted by molar-refractivity contribution is 7.89. The molecule has 0 spiro atoms. The highest BCUT2D eigenvalue weighted by Crippen LogP contribution is 2.30. The molecule has 1 atom stereocenters. The van der Waals surface area contributed by atoms with Crippen molar-refractivity contribution in [2.45, 2.75) is 24.8 Å². The second-order valence-electron chi connectivity index (χ2n) is 6.17. The van der Waals surface area contributed by atoms with Gasteiger partial charge in [0.15, 0.2) is 11.5 Å². The lowest BCUT2D eigenvalue weighted by Crippen LogP contribution is -2.40. The van der Waals surface area contributed by atoms with Crippen LogP contribution >= 0.6 is 0 Å². The van der Waals surface area contributed by atoms with Crippen LogP contribution in [0.2, 0.25) is 0 Å². The fourth-order valence-electron chi connectivity index (χ4n) is 2.73. The normalized spacial score (nSPS) is 16.2. The number of primary sulfonamides is 1. The Bertz CT molecular complexity index is 956. The van der Waals surface area contributed by atoms with Gasteiger partial charge in [0.05, 0.1) is 11.4 Å². The first-order valence-corrected chi connectivity index (χ1v) is 9.61. The van der Waals surface area contributed by atoms with E-state index in [2.05, 4.69) is 5.32 Å². The van der Waals surface area contributed by atoms with Crippen molar-refractivity contribution in [2.24, 2.45) is 5.14 Å². The second-order valence-corrected chi connectivity index (χ2v) is 7.70. The molecule has 1 amide bonds. The molecule has 0 radical (unpaired) electrons. The molecule has 0 unspecified atom stereocenters. The molecule has 0 aromatic heterocycles. The number of sulfonamides is 1. The van der Waals surface area contributed by atoms with E-state index in [0.717, 1.165) is 0 Å². The molecule has 0 saturated carbocycles. The average Bonchev–Trinajstić information content (AvgIpc) is 2.60. The molecule has 0 bridgehead atoms. The van der Waals surface area contributed by atoms with Crippen LogP contribution in [0.25, 0.3) is 0 Å². The van der Waals surface area contributed by atoms with Crippen LogP contribution in [-0.2, 0) is 10.0 Å². The summed E-state index contributed by atoms with van der Waals surface area (Å²) in [7, 11) is -3.91. The van der Waals surface area contributed by atoms with E-state index in [9.17, 15) is 13.2 Å². The third-order valence-corrected chi connectivity index (χ3v) is 5.28. The van der Waals surface area contributed by atoms with E-state index in [1.807, 2.05) is 18.2 Å². The zero-order valence-corrected chi connectivity index (χ0v) is 15.3. The first kappa shape index (κ1) is 18.2. The summed E-state index contributed by atoms with van der Waals surface area (Å²) in [6.45, 7) is 3.93. The summed E-state index contributed by atoms with van der Waals surface area (Å²) in [6.07, 6.45) is -0.335. The maximum atomic E-state index is 12.4. The second kappa shape index (κ2) is 6.97. The quantitative estimate of drug-likeness (QED) is 0.841. The molecule has 3 rings (SSSR count). The van der Waals surface area contributed by atoms with Crippen molar-refractivity contribution in [3.63, 3.8) is 0 Å². The first-order valence-electron chi connectivity index (χ1n) is 8.06. The van der Waals surface area contributed by atoms with Gasteiger partial charge in [0.25, 0.3) is 5.91 Å². The summed E-state index contributed by atoms with van der Waals surface area (Å²) in [6, 6.07) is 10.2. The van der Waals surface area contributed by atoms with E-state index >= 15 is 0 Å². The Morgan fingerprint density at radius 1 is 1.23 bits per heavy atom. The number of nitrogens with one attached hydrogen (secondary N) is 1. The molecule has 3 N–H and O–H groups in total. The number of fused-ring (bicyclic) bond motifs is 1. The maximum absolute atomic E-state index is 12.4. The molecule has 8 heteroatoms. The zero-order chi connectivity index (χ0) is 18.9. The van der Waals surface area contributed by atoms with Crippen LogP contribution in [0.5, 0.6) is 11.5 Å². The minimum absolute atomic E-state index is 0.0474. The number of carbonyl (C=O) groups is 1. The molecular weight excluding hydrogens is 356 g/mol. The molecule has 26 heavy (non-hydrogen) atoms. The van der Waals surface area contributed by atoms with Gasteiger partial charge in [-0.25, -0.2) is 13.6 Å². The number of carbonyl (C=O) groups excluding carboxylic acids is 1. The van der Waals surface area contributed by atoms with Gasteiger partial charge in [0.2, 0.25) is 10.0 Å². The highest BCUT2D eigenvalue weighted by Gasteiger charge is 2.22. The summed E-state index contributed by atoms with van der Waals surface area (Å²) in [5.74, 6) is 0.892. The number of aryl methyl sites for hydroxylation is 1. The van der Waals surface area contributed by atoms with E-state index in [4.69, 9.17) is 14.6 Å². The smallest absolute Gasteiger partial charge is 0.251 e. The molecule has 138 valence electrons. The molecule has 2 aromatic rings. The van der Waals surface area contributed by atoms with E-state index < -0.39 is 15.9 Å². The Labute approximate surface area is 152 Å². The number of nitrogens with two attached hydrogens (primary N) is 1. The van der Waals surface area contributed by atoms with E-state index in [0.29, 0.717) is 29.2 Å². The predicted octanol–water partition coefficient (Wildman–Crippen LogP) is 1.52. The van der Waals surface area contributed by atoms with E-state index in [-0.39, 0.29) is 23.1 Å². The molecule has 1 aliphatic heterocycles. The van der Waals surface area contributed by atoms with Crippen molar-refractivity contribution in [1.29, 1.82) is 0 Å². The molecule has 1 aliphatic rings. The molecule has 0 aliphatic carbocycles. The lowest BCUT2D eigenvalue weighted by molar-refractivity contribution is 0.0789. The molecule has 7 nitrogen and oxygen atoms in total. The van der Waals surface area contributed by atoms with Crippen LogP contribution in [0.4, 0.5) is 0 Å². The average molecular weight is 376 g/mol. The van der Waals surface area contributed by atoms with Crippen molar-refractivity contribution in [3.05, 3.63) is 53.1 Å². The summed E-state index contributed by atoms with van der Waals surface area (Å²) < 4.78 is 34.8. The maximum Gasteiger partial charge on any atom is 0.251 e. The van der Waals surface area contributed by atoms with Crippen LogP contribution in [-0.4, -0.2) is 33.6 Å². The SMILES string of the molecule is Cc1cc(C(=O)NC[C@H]2COc3ccccc3O2)cc(S(N)(=O)=O)c1C. The number of ether oxygens (including phenoxy) is 2. The summed E-state index contributed by atoms with van der Waals surface area (Å²) in [5, 5.41) is 7.98. The standard InChI is InChI=1S/C18H20N2O5S/c1-11-7-13(8-17(12(11)2)26(19,22)23)18(21)20-9-14-10-24-15-5-3-4-6-16(15)25-14/h3-8,14H,9-10H2,1-2H3,(H,20,21)(H2,19,22,23)/t14-/m0/s1. The third kappa shape index (κ3) is 3.81. The van der Waals surface area contributed by atoms with Crippen molar-refractivity contribution >= 4 is 15.9 Å². The van der Waals surface area contributed by atoms with Gasteiger partial charge in [-0.15, -0.1) is 0 Å². The van der Waals surface area contributed by atoms with Crippen LogP contribution < -0.4 is 19.9 Å². The van der Waals surface area contributed by atoms with Crippen molar-refractivity contribution in [3.8, 4) is 11.5 Å². The Balaban J connectivity index is 1.71. The number of amides is 1. The van der Waals surface area contributed by atoms with Gasteiger partial charge in [-0.05, 0) is 49.2 Å². The molecular formula is C18H20N2O5S. The Morgan fingerprint density at radius 3 is 2.62 bits per heavy atom. The molecule has 0 saturated heterocycles. The fourth-order valence-corrected chi connectivity index (χ4v) is 3.60. The van der Waals surface area contributed by atoms with Crippen molar-refractivity contribution in [2.75, 3.05) is 13.2 Å². The Kier molecular flexibility index (Phi) is 4.88. The largest absolute Gasteiger partial charge is 0.486 e. The topological polar surface area (TPSA) is 108 Å². The summed E-state index contributed by atoms with van der Waals surface area (Å²) >= 11 is 0. The molecule has 0 fully saturated rings. The first-order chi connectivity index (χ1) is 12.3. The minimum atomic E-state index is -3.91. The van der Waals surface area contributed by atoms with Gasteiger partial charge < -0.3 is 14.8 Å². The lowest BCUT2D eigenvalue weighted by Gasteiger charge is -2.26. The van der Waals surface area contributed by atoms with Gasteiger partial charge in [0.1, 0.15) is 12.7 Å².